The van der Waals surface area contributed by atoms with E-state index in [0.717, 1.165) is 28.4 Å². The largest absolute Gasteiger partial charge is 0.497 e. The van der Waals surface area contributed by atoms with Crippen LogP contribution in [0, 0.1) is 12.7 Å². The first-order valence-electron chi connectivity index (χ1n) is 9.42. The Morgan fingerprint density at radius 1 is 0.966 bits per heavy atom. The average molecular weight is 387 g/mol. The number of ether oxygens (including phenoxy) is 1. The van der Waals surface area contributed by atoms with Gasteiger partial charge in [0, 0.05) is 18.2 Å². The van der Waals surface area contributed by atoms with E-state index in [4.69, 9.17) is 9.84 Å². The van der Waals surface area contributed by atoms with Crippen molar-refractivity contribution in [2.45, 2.75) is 13.5 Å². The average Bonchev–Trinajstić information content (AvgIpc) is 3.18. The van der Waals surface area contributed by atoms with Crippen molar-refractivity contribution in [3.63, 3.8) is 0 Å². The highest BCUT2D eigenvalue weighted by Gasteiger charge is 2.12. The fourth-order valence-electron chi connectivity index (χ4n) is 3.11. The third-order valence-electron chi connectivity index (χ3n) is 4.74. The summed E-state index contributed by atoms with van der Waals surface area (Å²) in [5.41, 5.74) is 4.80. The number of aromatic nitrogens is 2. The molecule has 0 saturated carbocycles. The second-order valence-corrected chi connectivity index (χ2v) is 6.87. The summed E-state index contributed by atoms with van der Waals surface area (Å²) in [6, 6.07) is 24.5. The third kappa shape index (κ3) is 4.29. The van der Waals surface area contributed by atoms with E-state index >= 15 is 0 Å². The SMILES string of the molecule is COc1ccc(-c2cc(NCc3ccc(C)cc3)n(-c3cccc(F)c3)n2)cc1. The highest BCUT2D eigenvalue weighted by atomic mass is 19.1. The summed E-state index contributed by atoms with van der Waals surface area (Å²) in [4.78, 5) is 0. The van der Waals surface area contributed by atoms with Gasteiger partial charge in [0.25, 0.3) is 0 Å². The van der Waals surface area contributed by atoms with Gasteiger partial charge < -0.3 is 10.1 Å². The van der Waals surface area contributed by atoms with E-state index in [1.54, 1.807) is 17.9 Å². The third-order valence-corrected chi connectivity index (χ3v) is 4.74. The van der Waals surface area contributed by atoms with Crippen molar-refractivity contribution < 1.29 is 9.13 Å². The molecule has 0 unspecified atom stereocenters. The van der Waals surface area contributed by atoms with Crippen molar-refractivity contribution >= 4 is 5.82 Å². The second kappa shape index (κ2) is 8.19. The van der Waals surface area contributed by atoms with Crippen LogP contribution in [-0.2, 0) is 6.54 Å². The van der Waals surface area contributed by atoms with Crippen LogP contribution in [0.4, 0.5) is 10.2 Å². The minimum Gasteiger partial charge on any atom is -0.497 e. The maximum absolute atomic E-state index is 13.8. The lowest BCUT2D eigenvalue weighted by Crippen LogP contribution is -2.06. The zero-order valence-electron chi connectivity index (χ0n) is 16.4. The van der Waals surface area contributed by atoms with Crippen LogP contribution in [0.5, 0.6) is 5.75 Å². The summed E-state index contributed by atoms with van der Waals surface area (Å²) in [6.07, 6.45) is 0. The number of aryl methyl sites for hydroxylation is 1. The molecule has 0 radical (unpaired) electrons. The number of halogens is 1. The van der Waals surface area contributed by atoms with Crippen LogP contribution in [0.25, 0.3) is 16.9 Å². The Balaban J connectivity index is 1.68. The van der Waals surface area contributed by atoms with Crippen LogP contribution in [-0.4, -0.2) is 16.9 Å². The Bertz CT molecular complexity index is 1100. The first-order chi connectivity index (χ1) is 14.1. The molecule has 1 heterocycles. The minimum absolute atomic E-state index is 0.298. The van der Waals surface area contributed by atoms with Crippen LogP contribution in [0.2, 0.25) is 0 Å². The van der Waals surface area contributed by atoms with Gasteiger partial charge in [0.1, 0.15) is 17.4 Å². The lowest BCUT2D eigenvalue weighted by molar-refractivity contribution is 0.415. The number of nitrogens with zero attached hydrogens (tertiary/aromatic N) is 2. The van der Waals surface area contributed by atoms with Crippen molar-refractivity contribution in [1.29, 1.82) is 0 Å². The Morgan fingerprint density at radius 3 is 2.41 bits per heavy atom. The van der Waals surface area contributed by atoms with Gasteiger partial charge >= 0.3 is 0 Å². The predicted molar refractivity (Wildman–Crippen MR) is 114 cm³/mol. The molecule has 4 aromatic rings. The first kappa shape index (κ1) is 18.7. The number of methoxy groups -OCH3 is 1. The van der Waals surface area contributed by atoms with Gasteiger partial charge in [0.15, 0.2) is 0 Å². The van der Waals surface area contributed by atoms with Gasteiger partial charge in [-0.05, 0) is 55.0 Å². The molecule has 0 amide bonds. The van der Waals surface area contributed by atoms with Crippen LogP contribution in [0.3, 0.4) is 0 Å². The molecule has 0 fully saturated rings. The molecular weight excluding hydrogens is 365 g/mol. The van der Waals surface area contributed by atoms with Gasteiger partial charge in [-0.15, -0.1) is 0 Å². The number of hydrogen-bond acceptors (Lipinski definition) is 3. The Morgan fingerprint density at radius 2 is 1.72 bits per heavy atom. The highest BCUT2D eigenvalue weighted by molar-refractivity contribution is 5.65. The van der Waals surface area contributed by atoms with Crippen LogP contribution in [0.1, 0.15) is 11.1 Å². The maximum atomic E-state index is 13.8. The van der Waals surface area contributed by atoms with E-state index in [1.807, 2.05) is 36.4 Å². The fourth-order valence-corrected chi connectivity index (χ4v) is 3.11. The van der Waals surface area contributed by atoms with Crippen molar-refractivity contribution in [3.05, 3.63) is 95.8 Å². The molecule has 1 N–H and O–H groups in total. The van der Waals surface area contributed by atoms with E-state index in [2.05, 4.69) is 36.5 Å². The monoisotopic (exact) mass is 387 g/mol. The van der Waals surface area contributed by atoms with Crippen LogP contribution >= 0.6 is 0 Å². The molecule has 1 aromatic heterocycles. The predicted octanol–water partition coefficient (Wildman–Crippen LogP) is 5.61. The quantitative estimate of drug-likeness (QED) is 0.468. The second-order valence-electron chi connectivity index (χ2n) is 6.87. The van der Waals surface area contributed by atoms with Crippen LogP contribution in [0.15, 0.2) is 78.9 Å². The van der Waals surface area contributed by atoms with E-state index in [1.165, 1.54) is 17.7 Å². The molecule has 5 heteroatoms. The van der Waals surface area contributed by atoms with Crippen molar-refractivity contribution in [2.24, 2.45) is 0 Å². The number of nitrogens with one attached hydrogen (secondary N) is 1. The number of hydrogen-bond donors (Lipinski definition) is 1. The topological polar surface area (TPSA) is 39.1 Å². The molecule has 29 heavy (non-hydrogen) atoms. The summed E-state index contributed by atoms with van der Waals surface area (Å²) in [6.45, 7) is 2.71. The standard InChI is InChI=1S/C24H22FN3O/c1-17-6-8-18(9-7-17)16-26-24-15-23(19-10-12-22(29-2)13-11-19)27-28(24)21-5-3-4-20(25)14-21/h3-15,26H,16H2,1-2H3. The van der Waals surface area contributed by atoms with Gasteiger partial charge in [-0.25, -0.2) is 9.07 Å². The number of benzene rings is 3. The van der Waals surface area contributed by atoms with Gasteiger partial charge in [-0.2, -0.15) is 5.10 Å². The molecule has 4 nitrogen and oxygen atoms in total. The molecule has 0 atom stereocenters. The summed E-state index contributed by atoms with van der Waals surface area (Å²) in [7, 11) is 1.64. The smallest absolute Gasteiger partial charge is 0.130 e. The van der Waals surface area contributed by atoms with Crippen molar-refractivity contribution in [3.8, 4) is 22.7 Å². The Labute approximate surface area is 169 Å². The lowest BCUT2D eigenvalue weighted by Gasteiger charge is -2.10. The Hall–Kier alpha value is -3.60. The molecule has 0 saturated heterocycles. The molecule has 0 bridgehead atoms. The maximum Gasteiger partial charge on any atom is 0.130 e. The van der Waals surface area contributed by atoms with Gasteiger partial charge in [0.05, 0.1) is 18.5 Å². The van der Waals surface area contributed by atoms with Crippen LogP contribution < -0.4 is 10.1 Å². The summed E-state index contributed by atoms with van der Waals surface area (Å²) in [5, 5.41) is 8.15. The number of rotatable bonds is 6. The van der Waals surface area contributed by atoms with Crippen molar-refractivity contribution in [2.75, 3.05) is 12.4 Å². The zero-order valence-corrected chi connectivity index (χ0v) is 16.4. The summed E-state index contributed by atoms with van der Waals surface area (Å²) >= 11 is 0. The molecule has 146 valence electrons. The number of anilines is 1. The van der Waals surface area contributed by atoms with E-state index in [-0.39, 0.29) is 5.82 Å². The highest BCUT2D eigenvalue weighted by Crippen LogP contribution is 2.27. The summed E-state index contributed by atoms with van der Waals surface area (Å²) < 4.78 is 20.8. The van der Waals surface area contributed by atoms with E-state index in [0.29, 0.717) is 12.2 Å². The molecule has 0 spiro atoms. The minimum atomic E-state index is -0.298. The molecule has 4 rings (SSSR count). The van der Waals surface area contributed by atoms with Crippen molar-refractivity contribution in [1.82, 2.24) is 9.78 Å². The van der Waals surface area contributed by atoms with E-state index < -0.39 is 0 Å². The van der Waals surface area contributed by atoms with Gasteiger partial charge in [0.2, 0.25) is 0 Å². The Kier molecular flexibility index (Phi) is 5.29. The zero-order chi connectivity index (χ0) is 20.2. The molecule has 3 aromatic carbocycles. The van der Waals surface area contributed by atoms with E-state index in [9.17, 15) is 4.39 Å². The normalized spacial score (nSPS) is 10.7. The fraction of sp³-hybridized carbons (Fsp3) is 0.125. The van der Waals surface area contributed by atoms with Gasteiger partial charge in [-0.3, -0.25) is 0 Å². The molecular formula is C24H22FN3O. The first-order valence-corrected chi connectivity index (χ1v) is 9.42. The lowest BCUT2D eigenvalue weighted by atomic mass is 10.1. The molecule has 0 aliphatic rings. The molecule has 0 aliphatic carbocycles. The summed E-state index contributed by atoms with van der Waals surface area (Å²) in [5.74, 6) is 1.28. The van der Waals surface area contributed by atoms with Gasteiger partial charge in [-0.1, -0.05) is 35.9 Å². The molecule has 0 aliphatic heterocycles.